The van der Waals surface area contributed by atoms with Gasteiger partial charge in [-0.3, -0.25) is 4.79 Å². The van der Waals surface area contributed by atoms with Crippen molar-refractivity contribution in [2.24, 2.45) is 0 Å². The van der Waals surface area contributed by atoms with Gasteiger partial charge in [-0.1, -0.05) is 23.4 Å². The van der Waals surface area contributed by atoms with Crippen molar-refractivity contribution >= 4 is 22.8 Å². The standard InChI is InChI=1S/C23H18F3N5O2.C2HF3O2/c24-17-11-16(12-18(13-17)31-10-8-27-29-31)22(32)30-9-7-23(25,26)20(14-30)33-21-6-5-15-3-1-2-4-19(15)28-21;3-2(4,5)1(6)7/h1-6,8,10-13,20H,7,9,14H2;(H,6,7)/t20-;/m0./s1. The molecule has 1 atom stereocenters. The van der Waals surface area contributed by atoms with Gasteiger partial charge in [-0.15, -0.1) is 5.10 Å². The fourth-order valence-electron chi connectivity index (χ4n) is 3.80. The van der Waals surface area contributed by atoms with Crippen molar-refractivity contribution in [3.63, 3.8) is 0 Å². The topological polar surface area (TPSA) is 110 Å². The first-order chi connectivity index (χ1) is 18.8. The van der Waals surface area contributed by atoms with Crippen LogP contribution in [0.5, 0.6) is 5.88 Å². The summed E-state index contributed by atoms with van der Waals surface area (Å²) in [7, 11) is 0. The van der Waals surface area contributed by atoms with E-state index in [-0.39, 0.29) is 24.5 Å². The first kappa shape index (κ1) is 28.3. The van der Waals surface area contributed by atoms with Crippen molar-refractivity contribution in [2.75, 3.05) is 13.1 Å². The molecular weight excluding hydrogens is 548 g/mol. The zero-order valence-electron chi connectivity index (χ0n) is 20.2. The fourth-order valence-corrected chi connectivity index (χ4v) is 3.80. The number of fused-ring (bicyclic) bond motifs is 1. The zero-order chi connectivity index (χ0) is 29.1. The number of carboxylic acids is 1. The molecule has 0 unspecified atom stereocenters. The largest absolute Gasteiger partial charge is 0.490 e. The fraction of sp³-hybridized carbons (Fsp3) is 0.240. The van der Waals surface area contributed by atoms with E-state index in [4.69, 9.17) is 14.6 Å². The van der Waals surface area contributed by atoms with Crippen LogP contribution in [0.1, 0.15) is 16.8 Å². The van der Waals surface area contributed by atoms with Crippen LogP contribution in [-0.2, 0) is 4.79 Å². The Morgan fingerprint density at radius 1 is 1.07 bits per heavy atom. The van der Waals surface area contributed by atoms with Crippen LogP contribution < -0.4 is 4.74 Å². The number of likely N-dealkylation sites (tertiary alicyclic amines) is 1. The Kier molecular flexibility index (Phi) is 7.93. The van der Waals surface area contributed by atoms with Crippen LogP contribution in [-0.4, -0.2) is 73.2 Å². The number of hydrogen-bond donors (Lipinski definition) is 1. The molecule has 1 N–H and O–H groups in total. The molecule has 0 bridgehead atoms. The van der Waals surface area contributed by atoms with Crippen LogP contribution >= 0.6 is 0 Å². The van der Waals surface area contributed by atoms with Gasteiger partial charge in [-0.2, -0.15) is 13.2 Å². The zero-order valence-corrected chi connectivity index (χ0v) is 20.2. The van der Waals surface area contributed by atoms with E-state index in [2.05, 4.69) is 15.3 Å². The van der Waals surface area contributed by atoms with Crippen LogP contribution in [0.3, 0.4) is 0 Å². The number of aromatic nitrogens is 4. The predicted octanol–water partition coefficient (Wildman–Crippen LogP) is 4.52. The van der Waals surface area contributed by atoms with E-state index < -0.39 is 42.3 Å². The summed E-state index contributed by atoms with van der Waals surface area (Å²) in [6.45, 7) is -0.554. The Bertz CT molecular complexity index is 1510. The third-order valence-corrected chi connectivity index (χ3v) is 5.75. The van der Waals surface area contributed by atoms with Gasteiger partial charge in [-0.25, -0.2) is 27.6 Å². The molecule has 40 heavy (non-hydrogen) atoms. The Hall–Kier alpha value is -4.69. The molecule has 9 nitrogen and oxygen atoms in total. The second-order valence-corrected chi connectivity index (χ2v) is 8.56. The van der Waals surface area contributed by atoms with E-state index in [9.17, 15) is 31.1 Å². The normalized spacial score (nSPS) is 16.6. The van der Waals surface area contributed by atoms with Gasteiger partial charge in [0.25, 0.3) is 11.8 Å². The lowest BCUT2D eigenvalue weighted by atomic mass is 10.0. The molecule has 2 aromatic heterocycles. The maximum atomic E-state index is 14.7. The van der Waals surface area contributed by atoms with Crippen LogP contribution in [0.4, 0.5) is 26.3 Å². The Morgan fingerprint density at radius 2 is 1.80 bits per heavy atom. The molecule has 5 rings (SSSR count). The highest BCUT2D eigenvalue weighted by atomic mass is 19.4. The average Bonchev–Trinajstić information content (AvgIpc) is 3.44. The molecule has 2 aromatic carbocycles. The molecule has 0 aliphatic carbocycles. The lowest BCUT2D eigenvalue weighted by molar-refractivity contribution is -0.192. The number of pyridine rings is 1. The number of carbonyl (C=O) groups is 2. The molecule has 0 saturated carbocycles. The van der Waals surface area contributed by atoms with E-state index in [0.29, 0.717) is 11.2 Å². The number of halogens is 6. The number of ether oxygens (including phenoxy) is 1. The number of aliphatic carboxylic acids is 1. The van der Waals surface area contributed by atoms with E-state index in [1.54, 1.807) is 18.2 Å². The number of alkyl halides is 5. The number of piperidine rings is 1. The van der Waals surface area contributed by atoms with Gasteiger partial charge >= 0.3 is 12.1 Å². The van der Waals surface area contributed by atoms with Gasteiger partial charge in [0.2, 0.25) is 5.88 Å². The quantitative estimate of drug-likeness (QED) is 0.361. The third kappa shape index (κ3) is 6.65. The minimum absolute atomic E-state index is 0.0216. The van der Waals surface area contributed by atoms with Crippen molar-refractivity contribution in [3.8, 4) is 11.6 Å². The lowest BCUT2D eigenvalue weighted by Gasteiger charge is -2.38. The van der Waals surface area contributed by atoms with Crippen molar-refractivity contribution < 1.29 is 45.8 Å². The van der Waals surface area contributed by atoms with Crippen molar-refractivity contribution in [1.29, 1.82) is 0 Å². The molecule has 4 aromatic rings. The molecule has 1 aliphatic heterocycles. The average molecular weight is 567 g/mol. The Morgan fingerprint density at radius 3 is 2.48 bits per heavy atom. The monoisotopic (exact) mass is 567 g/mol. The van der Waals surface area contributed by atoms with Crippen molar-refractivity contribution in [1.82, 2.24) is 24.9 Å². The summed E-state index contributed by atoms with van der Waals surface area (Å²) in [6, 6.07) is 14.2. The summed E-state index contributed by atoms with van der Waals surface area (Å²) in [5.41, 5.74) is 0.933. The minimum Gasteiger partial charge on any atom is -0.475 e. The molecule has 15 heteroatoms. The molecule has 1 amide bonds. The van der Waals surface area contributed by atoms with E-state index >= 15 is 0 Å². The number of rotatable bonds is 4. The van der Waals surface area contributed by atoms with Crippen LogP contribution in [0, 0.1) is 5.82 Å². The second-order valence-electron chi connectivity index (χ2n) is 8.56. The van der Waals surface area contributed by atoms with Crippen LogP contribution in [0.25, 0.3) is 16.6 Å². The number of amides is 1. The summed E-state index contributed by atoms with van der Waals surface area (Å²) >= 11 is 0. The molecule has 210 valence electrons. The highest BCUT2D eigenvalue weighted by Gasteiger charge is 2.47. The minimum atomic E-state index is -5.08. The number of para-hydroxylation sites is 1. The summed E-state index contributed by atoms with van der Waals surface area (Å²) in [5.74, 6) is -7.09. The maximum Gasteiger partial charge on any atom is 0.490 e. The number of nitrogens with zero attached hydrogens (tertiary/aromatic N) is 5. The lowest BCUT2D eigenvalue weighted by Crippen LogP contribution is -2.55. The molecule has 1 fully saturated rings. The van der Waals surface area contributed by atoms with Crippen LogP contribution in [0.15, 0.2) is 67.0 Å². The van der Waals surface area contributed by atoms with Gasteiger partial charge in [0.1, 0.15) is 5.82 Å². The number of benzene rings is 2. The smallest absolute Gasteiger partial charge is 0.475 e. The third-order valence-electron chi connectivity index (χ3n) is 5.75. The summed E-state index contributed by atoms with van der Waals surface area (Å²) in [6.07, 6.45) is -4.33. The molecule has 1 aliphatic rings. The first-order valence-corrected chi connectivity index (χ1v) is 11.5. The second kappa shape index (κ2) is 11.2. The molecule has 1 saturated heterocycles. The summed E-state index contributed by atoms with van der Waals surface area (Å²) < 4.78 is 82.1. The van der Waals surface area contributed by atoms with Crippen molar-refractivity contribution in [2.45, 2.75) is 24.6 Å². The van der Waals surface area contributed by atoms with Gasteiger partial charge < -0.3 is 14.7 Å². The Labute approximate surface area is 221 Å². The molecular formula is C25H19F6N5O4. The van der Waals surface area contributed by atoms with E-state index in [0.717, 1.165) is 11.5 Å². The maximum absolute atomic E-state index is 14.7. The SMILES string of the molecule is O=C(O)C(F)(F)F.O=C(c1cc(F)cc(-n2ccnn2)c1)N1CCC(F)(F)[C@@H](Oc2ccc3ccccc3n2)C1. The molecule has 0 radical (unpaired) electrons. The highest BCUT2D eigenvalue weighted by Crippen LogP contribution is 2.32. The van der Waals surface area contributed by atoms with E-state index in [1.165, 1.54) is 40.2 Å². The van der Waals surface area contributed by atoms with E-state index in [1.807, 2.05) is 12.1 Å². The van der Waals surface area contributed by atoms with Gasteiger partial charge in [0.05, 0.1) is 30.1 Å². The van der Waals surface area contributed by atoms with Gasteiger partial charge in [0.15, 0.2) is 6.10 Å². The first-order valence-electron chi connectivity index (χ1n) is 11.5. The number of carboxylic acid groups (broad SMARTS) is 1. The Balaban J connectivity index is 0.000000470. The predicted molar refractivity (Wildman–Crippen MR) is 127 cm³/mol. The molecule has 0 spiro atoms. The number of hydrogen-bond acceptors (Lipinski definition) is 6. The summed E-state index contributed by atoms with van der Waals surface area (Å²) in [5, 5.41) is 15.4. The van der Waals surface area contributed by atoms with Gasteiger partial charge in [0, 0.05) is 30.0 Å². The van der Waals surface area contributed by atoms with Crippen molar-refractivity contribution in [3.05, 3.63) is 78.4 Å². The van der Waals surface area contributed by atoms with Crippen LogP contribution in [0.2, 0.25) is 0 Å². The van der Waals surface area contributed by atoms with Gasteiger partial charge in [-0.05, 0) is 30.3 Å². The highest BCUT2D eigenvalue weighted by molar-refractivity contribution is 5.95. The summed E-state index contributed by atoms with van der Waals surface area (Å²) in [4.78, 5) is 27.5. The molecule has 3 heterocycles. The number of carbonyl (C=O) groups excluding carboxylic acids is 1.